The Morgan fingerprint density at radius 2 is 2.15 bits per heavy atom. The van der Waals surface area contributed by atoms with Crippen LogP contribution in [0.5, 0.6) is 5.75 Å². The molecule has 1 aromatic carbocycles. The van der Waals surface area contributed by atoms with Crippen molar-refractivity contribution >= 4 is 27.1 Å². The van der Waals surface area contributed by atoms with E-state index in [4.69, 9.17) is 4.55 Å². The van der Waals surface area contributed by atoms with Crippen LogP contribution in [0.3, 0.4) is 0 Å². The number of aryl methyl sites for hydroxylation is 2. The Hall–Kier alpha value is -2.65. The average Bonchev–Trinajstić information content (AvgIpc) is 3.11. The van der Waals surface area contributed by atoms with Crippen molar-refractivity contribution in [1.82, 2.24) is 14.1 Å². The predicted octanol–water partition coefficient (Wildman–Crippen LogP) is 2.31. The number of Topliss-reactive ketones (excluding diaryl/α,β-unsaturated/α-hetero) is 1. The minimum Gasteiger partial charge on any atom is -0.362 e. The number of carbonyl (C=O) groups excluding carboxylic acids is 1. The zero-order chi connectivity index (χ0) is 19.3. The predicted molar refractivity (Wildman–Crippen MR) is 98.2 cm³/mol. The number of imidazole rings is 1. The molecule has 0 saturated carbocycles. The highest BCUT2D eigenvalue weighted by atomic mass is 32.3. The van der Waals surface area contributed by atoms with Crippen LogP contribution in [0.1, 0.15) is 28.3 Å². The molecule has 0 fully saturated rings. The Bertz CT molecular complexity index is 1160. The first-order valence-electron chi connectivity index (χ1n) is 8.55. The number of rotatable bonds is 4. The van der Waals surface area contributed by atoms with Crippen LogP contribution in [-0.2, 0) is 30.4 Å². The molecule has 9 heteroatoms. The summed E-state index contributed by atoms with van der Waals surface area (Å²) in [6, 6.07) is 4.64. The van der Waals surface area contributed by atoms with Gasteiger partial charge in [-0.05, 0) is 38.0 Å². The van der Waals surface area contributed by atoms with Crippen molar-refractivity contribution in [2.24, 2.45) is 13.0 Å². The van der Waals surface area contributed by atoms with Crippen molar-refractivity contribution < 1.29 is 21.9 Å². The lowest BCUT2D eigenvalue weighted by atomic mass is 9.85. The van der Waals surface area contributed by atoms with Gasteiger partial charge in [-0.2, -0.15) is 8.42 Å². The summed E-state index contributed by atoms with van der Waals surface area (Å²) in [7, 11) is -2.74. The molecule has 2 aromatic heterocycles. The molecule has 1 aliphatic rings. The number of hydrogen-bond acceptors (Lipinski definition) is 5. The highest BCUT2D eigenvalue weighted by Gasteiger charge is 2.32. The summed E-state index contributed by atoms with van der Waals surface area (Å²) in [6.45, 7) is 2.46. The lowest BCUT2D eigenvalue weighted by molar-refractivity contribution is 0.0888. The highest BCUT2D eigenvalue weighted by molar-refractivity contribution is 7.81. The second kappa shape index (κ2) is 6.21. The van der Waals surface area contributed by atoms with E-state index in [-0.39, 0.29) is 17.5 Å². The van der Waals surface area contributed by atoms with Gasteiger partial charge in [0.25, 0.3) is 0 Å². The summed E-state index contributed by atoms with van der Waals surface area (Å²) in [5.41, 5.74) is 2.34. The third-order valence-corrected chi connectivity index (χ3v) is 5.58. The second-order valence-electron chi connectivity index (χ2n) is 6.80. The second-order valence-corrected chi connectivity index (χ2v) is 7.82. The van der Waals surface area contributed by atoms with Gasteiger partial charge in [0.15, 0.2) is 5.78 Å². The maximum absolute atomic E-state index is 13.2. The van der Waals surface area contributed by atoms with Crippen molar-refractivity contribution in [3.05, 3.63) is 47.7 Å². The monoisotopic (exact) mass is 389 g/mol. The van der Waals surface area contributed by atoms with Crippen LogP contribution in [0.2, 0.25) is 0 Å². The smallest absolute Gasteiger partial charge is 0.362 e. The topological polar surface area (TPSA) is 103 Å². The number of benzene rings is 1. The minimum atomic E-state index is -4.63. The number of aromatic nitrogens is 3. The number of ketones is 1. The molecule has 1 unspecified atom stereocenters. The Balaban J connectivity index is 1.77. The zero-order valence-electron chi connectivity index (χ0n) is 14.9. The van der Waals surface area contributed by atoms with E-state index < -0.39 is 10.4 Å². The van der Waals surface area contributed by atoms with Gasteiger partial charge >= 0.3 is 10.4 Å². The molecule has 4 rings (SSSR count). The van der Waals surface area contributed by atoms with E-state index in [1.165, 1.54) is 12.1 Å². The van der Waals surface area contributed by atoms with Gasteiger partial charge < -0.3 is 13.3 Å². The van der Waals surface area contributed by atoms with Crippen molar-refractivity contribution in [1.29, 1.82) is 0 Å². The molecule has 0 spiro atoms. The lowest BCUT2D eigenvalue weighted by Crippen LogP contribution is -2.27. The van der Waals surface area contributed by atoms with Crippen LogP contribution < -0.4 is 4.18 Å². The fraction of sp³-hybridized carbons (Fsp3) is 0.333. The van der Waals surface area contributed by atoms with Gasteiger partial charge in [-0.1, -0.05) is 0 Å². The standard InChI is InChI=1S/C18H19N3O5S/c1-11-19-7-8-21(11)10-12-3-5-16-17(18(12)22)14-9-13(26-27(23,24)25)4-6-15(14)20(16)2/h4,6-9,12H,3,5,10H2,1-2H3,(H,23,24,25). The summed E-state index contributed by atoms with van der Waals surface area (Å²) in [5.74, 6) is 0.676. The molecule has 2 heterocycles. The molecular weight excluding hydrogens is 370 g/mol. The molecule has 142 valence electrons. The molecule has 0 bridgehead atoms. The van der Waals surface area contributed by atoms with Crippen LogP contribution in [0.15, 0.2) is 30.6 Å². The summed E-state index contributed by atoms with van der Waals surface area (Å²) in [5, 5.41) is 0.630. The number of carbonyl (C=O) groups is 1. The lowest BCUT2D eigenvalue weighted by Gasteiger charge is -2.23. The average molecular weight is 389 g/mol. The summed E-state index contributed by atoms with van der Waals surface area (Å²) in [6.07, 6.45) is 5.06. The van der Waals surface area contributed by atoms with Gasteiger partial charge in [0.2, 0.25) is 0 Å². The van der Waals surface area contributed by atoms with E-state index in [1.54, 1.807) is 12.3 Å². The normalized spacial score (nSPS) is 17.3. The van der Waals surface area contributed by atoms with Gasteiger partial charge in [-0.15, -0.1) is 0 Å². The molecule has 0 amide bonds. The van der Waals surface area contributed by atoms with Crippen LogP contribution in [0, 0.1) is 12.8 Å². The highest BCUT2D eigenvalue weighted by Crippen LogP contribution is 2.36. The van der Waals surface area contributed by atoms with E-state index >= 15 is 0 Å². The number of hydrogen-bond donors (Lipinski definition) is 1. The van der Waals surface area contributed by atoms with E-state index in [1.807, 2.05) is 29.3 Å². The molecule has 1 N–H and O–H groups in total. The fourth-order valence-corrected chi connectivity index (χ4v) is 4.22. The van der Waals surface area contributed by atoms with Gasteiger partial charge in [0.05, 0.1) is 0 Å². The van der Waals surface area contributed by atoms with Gasteiger partial charge in [0, 0.05) is 54.1 Å². The van der Waals surface area contributed by atoms with Crippen molar-refractivity contribution in [3.8, 4) is 5.75 Å². The molecule has 1 atom stereocenters. The van der Waals surface area contributed by atoms with E-state index in [0.717, 1.165) is 29.9 Å². The Morgan fingerprint density at radius 1 is 1.37 bits per heavy atom. The Kier molecular flexibility index (Phi) is 4.08. The quantitative estimate of drug-likeness (QED) is 0.687. The van der Waals surface area contributed by atoms with E-state index in [2.05, 4.69) is 9.17 Å². The fourth-order valence-electron chi connectivity index (χ4n) is 3.87. The van der Waals surface area contributed by atoms with E-state index in [9.17, 15) is 13.2 Å². The van der Waals surface area contributed by atoms with E-state index in [0.29, 0.717) is 17.5 Å². The largest absolute Gasteiger partial charge is 0.446 e. The van der Waals surface area contributed by atoms with Crippen molar-refractivity contribution in [2.45, 2.75) is 26.3 Å². The van der Waals surface area contributed by atoms with Crippen LogP contribution in [0.25, 0.3) is 10.9 Å². The first-order chi connectivity index (χ1) is 12.7. The maximum atomic E-state index is 13.2. The van der Waals surface area contributed by atoms with Crippen LogP contribution >= 0.6 is 0 Å². The number of fused-ring (bicyclic) bond motifs is 3. The Morgan fingerprint density at radius 3 is 2.81 bits per heavy atom. The van der Waals surface area contributed by atoms with Crippen LogP contribution in [0.4, 0.5) is 0 Å². The summed E-state index contributed by atoms with van der Waals surface area (Å²) >= 11 is 0. The zero-order valence-corrected chi connectivity index (χ0v) is 15.7. The molecule has 0 radical (unpaired) electrons. The third-order valence-electron chi connectivity index (χ3n) is 5.18. The van der Waals surface area contributed by atoms with Gasteiger partial charge in [-0.25, -0.2) is 4.98 Å². The van der Waals surface area contributed by atoms with Crippen LogP contribution in [-0.4, -0.2) is 32.9 Å². The minimum absolute atomic E-state index is 0.0268. The van der Waals surface area contributed by atoms with Gasteiger partial charge in [0.1, 0.15) is 11.6 Å². The molecule has 0 aliphatic heterocycles. The molecule has 27 heavy (non-hydrogen) atoms. The maximum Gasteiger partial charge on any atom is 0.446 e. The Labute approximate surface area is 156 Å². The first kappa shape index (κ1) is 17.7. The summed E-state index contributed by atoms with van der Waals surface area (Å²) in [4.78, 5) is 17.4. The molecule has 0 saturated heterocycles. The van der Waals surface area contributed by atoms with Crippen molar-refractivity contribution in [3.63, 3.8) is 0 Å². The van der Waals surface area contributed by atoms with Crippen molar-refractivity contribution in [2.75, 3.05) is 0 Å². The number of nitrogens with zero attached hydrogens (tertiary/aromatic N) is 3. The SMILES string of the molecule is Cc1nccn1CC1CCc2c(c3cc(OS(=O)(=O)O)ccc3n2C)C1=O. The molecule has 3 aromatic rings. The first-order valence-corrected chi connectivity index (χ1v) is 9.91. The molecular formula is C18H19N3O5S. The molecule has 8 nitrogen and oxygen atoms in total. The van der Waals surface area contributed by atoms with Gasteiger partial charge in [-0.3, -0.25) is 9.35 Å². The molecule has 1 aliphatic carbocycles. The third kappa shape index (κ3) is 3.13. The summed E-state index contributed by atoms with van der Waals surface area (Å²) < 4.78 is 39.4.